The Hall–Kier alpha value is -2.66. The van der Waals surface area contributed by atoms with E-state index < -0.39 is 0 Å². The number of rotatable bonds is 5. The van der Waals surface area contributed by atoms with Gasteiger partial charge in [-0.25, -0.2) is 0 Å². The SMILES string of the molecule is CCN1CCC(n2c(C=O)c(C)c3c(NC)cc(-c4ccccn4)cc32)CC1. The van der Waals surface area contributed by atoms with Crippen molar-refractivity contribution in [3.8, 4) is 11.3 Å². The third-order valence-corrected chi connectivity index (χ3v) is 6.11. The molecule has 0 atom stereocenters. The zero-order chi connectivity index (χ0) is 19.7. The molecule has 1 aliphatic heterocycles. The monoisotopic (exact) mass is 376 g/mol. The van der Waals surface area contributed by atoms with E-state index in [-0.39, 0.29) is 0 Å². The van der Waals surface area contributed by atoms with E-state index in [2.05, 4.69) is 45.7 Å². The second-order valence-corrected chi connectivity index (χ2v) is 7.55. The Kier molecular flexibility index (Phi) is 5.18. The Morgan fingerprint density at radius 3 is 2.64 bits per heavy atom. The van der Waals surface area contributed by atoms with Gasteiger partial charge in [0.15, 0.2) is 6.29 Å². The number of piperidine rings is 1. The molecule has 3 heterocycles. The van der Waals surface area contributed by atoms with Crippen molar-refractivity contribution in [2.75, 3.05) is 32.0 Å². The molecule has 5 nitrogen and oxygen atoms in total. The Bertz CT molecular complexity index is 985. The minimum atomic E-state index is 0.350. The van der Waals surface area contributed by atoms with Crippen LogP contribution in [-0.2, 0) is 0 Å². The number of hydrogen-bond acceptors (Lipinski definition) is 4. The number of pyridine rings is 1. The van der Waals surface area contributed by atoms with Crippen molar-refractivity contribution in [3.63, 3.8) is 0 Å². The van der Waals surface area contributed by atoms with Gasteiger partial charge in [-0.2, -0.15) is 0 Å². The van der Waals surface area contributed by atoms with E-state index in [9.17, 15) is 4.79 Å². The molecule has 146 valence electrons. The number of likely N-dealkylation sites (tertiary alicyclic amines) is 1. The summed E-state index contributed by atoms with van der Waals surface area (Å²) < 4.78 is 2.29. The number of anilines is 1. The Morgan fingerprint density at radius 2 is 2.04 bits per heavy atom. The maximum absolute atomic E-state index is 12.1. The fraction of sp³-hybridized carbons (Fsp3) is 0.391. The number of nitrogens with one attached hydrogen (secondary N) is 1. The number of fused-ring (bicyclic) bond motifs is 1. The maximum atomic E-state index is 12.1. The molecule has 28 heavy (non-hydrogen) atoms. The Balaban J connectivity index is 1.91. The van der Waals surface area contributed by atoms with Crippen LogP contribution < -0.4 is 5.32 Å². The maximum Gasteiger partial charge on any atom is 0.166 e. The molecule has 2 aromatic heterocycles. The average Bonchev–Trinajstić information content (AvgIpc) is 3.05. The highest BCUT2D eigenvalue weighted by atomic mass is 16.1. The number of carbonyl (C=O) groups is 1. The molecular weight excluding hydrogens is 348 g/mol. The van der Waals surface area contributed by atoms with Crippen LogP contribution >= 0.6 is 0 Å². The molecule has 1 saturated heterocycles. The molecule has 0 saturated carbocycles. The first-order valence-corrected chi connectivity index (χ1v) is 10.1. The van der Waals surface area contributed by atoms with Crippen molar-refractivity contribution < 1.29 is 4.79 Å². The summed E-state index contributed by atoms with van der Waals surface area (Å²) in [6.45, 7) is 7.52. The topological polar surface area (TPSA) is 50.2 Å². The lowest BCUT2D eigenvalue weighted by atomic mass is 10.0. The summed E-state index contributed by atoms with van der Waals surface area (Å²) in [5.74, 6) is 0. The number of hydrogen-bond donors (Lipinski definition) is 1. The van der Waals surface area contributed by atoms with Crippen LogP contribution in [0.3, 0.4) is 0 Å². The van der Waals surface area contributed by atoms with Gasteiger partial charge in [0, 0.05) is 49.0 Å². The van der Waals surface area contributed by atoms with Gasteiger partial charge in [-0.15, -0.1) is 0 Å². The predicted octanol–water partition coefficient (Wildman–Crippen LogP) is 4.52. The van der Waals surface area contributed by atoms with Crippen molar-refractivity contribution >= 4 is 22.9 Å². The molecule has 0 aliphatic carbocycles. The number of benzene rings is 1. The van der Waals surface area contributed by atoms with Crippen LogP contribution in [0.1, 0.15) is 41.9 Å². The van der Waals surface area contributed by atoms with Crippen LogP contribution in [0.5, 0.6) is 0 Å². The van der Waals surface area contributed by atoms with Crippen LogP contribution in [0.25, 0.3) is 22.2 Å². The number of aldehydes is 1. The number of aromatic nitrogens is 2. The number of nitrogens with zero attached hydrogens (tertiary/aromatic N) is 3. The normalized spacial score (nSPS) is 15.8. The molecule has 5 heteroatoms. The lowest BCUT2D eigenvalue weighted by Gasteiger charge is -2.33. The number of carbonyl (C=O) groups excluding carboxylic acids is 1. The first-order valence-electron chi connectivity index (χ1n) is 10.1. The summed E-state index contributed by atoms with van der Waals surface area (Å²) in [5, 5.41) is 4.48. The van der Waals surface area contributed by atoms with Crippen LogP contribution in [0, 0.1) is 6.92 Å². The van der Waals surface area contributed by atoms with E-state index in [1.54, 1.807) is 0 Å². The zero-order valence-corrected chi connectivity index (χ0v) is 16.9. The highest BCUT2D eigenvalue weighted by Gasteiger charge is 2.26. The van der Waals surface area contributed by atoms with Crippen molar-refractivity contribution in [3.05, 3.63) is 47.8 Å². The quantitative estimate of drug-likeness (QED) is 0.665. The first kappa shape index (κ1) is 18.7. The van der Waals surface area contributed by atoms with Crippen molar-refractivity contribution in [1.29, 1.82) is 0 Å². The molecule has 3 aromatic rings. The first-order chi connectivity index (χ1) is 13.7. The van der Waals surface area contributed by atoms with Crippen LogP contribution in [0.15, 0.2) is 36.5 Å². The molecule has 1 aromatic carbocycles. The Morgan fingerprint density at radius 1 is 1.25 bits per heavy atom. The van der Waals surface area contributed by atoms with Crippen molar-refractivity contribution in [1.82, 2.24) is 14.5 Å². The summed E-state index contributed by atoms with van der Waals surface area (Å²) in [7, 11) is 1.94. The molecule has 0 spiro atoms. The third-order valence-electron chi connectivity index (χ3n) is 6.11. The zero-order valence-electron chi connectivity index (χ0n) is 16.9. The van der Waals surface area contributed by atoms with Gasteiger partial charge in [-0.05, 0) is 56.1 Å². The molecular formula is C23H28N4O. The summed E-state index contributed by atoms with van der Waals surface area (Å²) in [4.78, 5) is 19.1. The van der Waals surface area contributed by atoms with Gasteiger partial charge in [0.05, 0.1) is 16.9 Å². The molecule has 1 fully saturated rings. The van der Waals surface area contributed by atoms with E-state index >= 15 is 0 Å². The number of aryl methyl sites for hydroxylation is 1. The van der Waals surface area contributed by atoms with Gasteiger partial charge in [-0.1, -0.05) is 13.0 Å². The fourth-order valence-electron chi connectivity index (χ4n) is 4.56. The molecule has 0 radical (unpaired) electrons. The summed E-state index contributed by atoms with van der Waals surface area (Å²) >= 11 is 0. The van der Waals surface area contributed by atoms with Gasteiger partial charge in [0.1, 0.15) is 0 Å². The standard InChI is InChI=1S/C23H28N4O/c1-4-26-11-8-18(9-12-26)27-21-14-17(19-7-5-6-10-25-19)13-20(24-3)23(21)16(2)22(27)15-28/h5-7,10,13-15,18,24H,4,8-9,11-12H2,1-3H3. The van der Waals surface area contributed by atoms with E-state index in [4.69, 9.17) is 0 Å². The third kappa shape index (κ3) is 3.10. The van der Waals surface area contributed by atoms with Gasteiger partial charge in [0.2, 0.25) is 0 Å². The van der Waals surface area contributed by atoms with Crippen molar-refractivity contribution in [2.24, 2.45) is 0 Å². The van der Waals surface area contributed by atoms with E-state index in [1.807, 2.05) is 31.4 Å². The van der Waals surface area contributed by atoms with E-state index in [0.717, 1.165) is 77.9 Å². The highest BCUT2D eigenvalue weighted by Crippen LogP contribution is 2.39. The molecule has 1 aliphatic rings. The van der Waals surface area contributed by atoms with Crippen LogP contribution in [0.2, 0.25) is 0 Å². The van der Waals surface area contributed by atoms with Crippen LogP contribution in [-0.4, -0.2) is 47.4 Å². The molecule has 4 rings (SSSR count). The second kappa shape index (κ2) is 7.76. The van der Waals surface area contributed by atoms with Gasteiger partial charge in [0.25, 0.3) is 0 Å². The van der Waals surface area contributed by atoms with Crippen molar-refractivity contribution in [2.45, 2.75) is 32.7 Å². The summed E-state index contributed by atoms with van der Waals surface area (Å²) in [5.41, 5.74) is 6.05. The summed E-state index contributed by atoms with van der Waals surface area (Å²) in [6.07, 6.45) is 4.99. The second-order valence-electron chi connectivity index (χ2n) is 7.55. The van der Waals surface area contributed by atoms with E-state index in [1.165, 1.54) is 0 Å². The lowest BCUT2D eigenvalue weighted by Crippen LogP contribution is -2.34. The highest BCUT2D eigenvalue weighted by molar-refractivity contribution is 6.03. The van der Waals surface area contributed by atoms with Crippen LogP contribution in [0.4, 0.5) is 5.69 Å². The molecule has 0 bridgehead atoms. The lowest BCUT2D eigenvalue weighted by molar-refractivity contribution is 0.110. The fourth-order valence-corrected chi connectivity index (χ4v) is 4.56. The van der Waals surface area contributed by atoms with Gasteiger partial charge < -0.3 is 14.8 Å². The molecule has 0 unspecified atom stereocenters. The molecule has 0 amide bonds. The minimum Gasteiger partial charge on any atom is -0.388 e. The van der Waals surface area contributed by atoms with Gasteiger partial charge in [-0.3, -0.25) is 9.78 Å². The molecule has 1 N–H and O–H groups in total. The Labute approximate surface area is 166 Å². The van der Waals surface area contributed by atoms with E-state index in [0.29, 0.717) is 6.04 Å². The minimum absolute atomic E-state index is 0.350. The average molecular weight is 377 g/mol. The largest absolute Gasteiger partial charge is 0.388 e. The smallest absolute Gasteiger partial charge is 0.166 e. The van der Waals surface area contributed by atoms with Gasteiger partial charge >= 0.3 is 0 Å². The predicted molar refractivity (Wildman–Crippen MR) is 115 cm³/mol. The summed E-state index contributed by atoms with van der Waals surface area (Å²) in [6, 6.07) is 10.7.